The van der Waals surface area contributed by atoms with Gasteiger partial charge in [0.1, 0.15) is 5.82 Å². The number of aryl methyl sites for hydroxylation is 1. The van der Waals surface area contributed by atoms with Gasteiger partial charge in [0.2, 0.25) is 15.9 Å². The van der Waals surface area contributed by atoms with Crippen LogP contribution in [0.4, 0.5) is 23.1 Å². The fraction of sp³-hybridized carbons (Fsp3) is 0.273. The third kappa shape index (κ3) is 5.44. The summed E-state index contributed by atoms with van der Waals surface area (Å²) in [5.74, 6) is 1.76. The van der Waals surface area contributed by atoms with Crippen LogP contribution in [0.5, 0.6) is 0 Å². The van der Waals surface area contributed by atoms with Gasteiger partial charge in [0.05, 0.1) is 4.90 Å². The number of carbonyl (C=O) groups is 1. The molecule has 0 unspecified atom stereocenters. The molecule has 0 saturated carbocycles. The topological polar surface area (TPSA) is 120 Å². The van der Waals surface area contributed by atoms with Crippen molar-refractivity contribution in [3.8, 4) is 0 Å². The van der Waals surface area contributed by atoms with Crippen molar-refractivity contribution in [2.75, 3.05) is 41.7 Å². The van der Waals surface area contributed by atoms with E-state index in [9.17, 15) is 13.2 Å². The van der Waals surface area contributed by atoms with E-state index in [4.69, 9.17) is 0 Å². The highest BCUT2D eigenvalue weighted by molar-refractivity contribution is 7.89. The smallest absolute Gasteiger partial charge is 0.243 e. The van der Waals surface area contributed by atoms with Gasteiger partial charge >= 0.3 is 0 Å². The first-order valence-electron chi connectivity index (χ1n) is 10.5. The number of amides is 1. The fourth-order valence-corrected chi connectivity index (χ4v) is 4.95. The van der Waals surface area contributed by atoms with Gasteiger partial charge in [-0.1, -0.05) is 6.07 Å². The molecule has 172 valence electrons. The Morgan fingerprint density at radius 3 is 2.24 bits per heavy atom. The highest BCUT2D eigenvalue weighted by Crippen LogP contribution is 2.22. The van der Waals surface area contributed by atoms with Crippen molar-refractivity contribution in [2.24, 2.45) is 0 Å². The van der Waals surface area contributed by atoms with Crippen LogP contribution in [0.25, 0.3) is 0 Å². The summed E-state index contributed by atoms with van der Waals surface area (Å²) in [5, 5.41) is 14.3. The first kappa shape index (κ1) is 22.6. The minimum absolute atomic E-state index is 0.199. The van der Waals surface area contributed by atoms with Crippen LogP contribution in [0, 0.1) is 6.92 Å². The molecule has 11 heteroatoms. The zero-order valence-electron chi connectivity index (χ0n) is 18.4. The van der Waals surface area contributed by atoms with Crippen LogP contribution in [-0.2, 0) is 14.8 Å². The van der Waals surface area contributed by atoms with Crippen molar-refractivity contribution >= 4 is 39.1 Å². The van der Waals surface area contributed by atoms with E-state index in [1.165, 1.54) is 23.4 Å². The van der Waals surface area contributed by atoms with E-state index < -0.39 is 10.0 Å². The predicted octanol–water partition coefficient (Wildman–Crippen LogP) is 2.39. The minimum atomic E-state index is -3.62. The number of hydrogen-bond donors (Lipinski definition) is 2. The number of carbonyl (C=O) groups excluding carboxylic acids is 1. The van der Waals surface area contributed by atoms with Crippen LogP contribution in [0.2, 0.25) is 0 Å². The van der Waals surface area contributed by atoms with Gasteiger partial charge in [0, 0.05) is 44.5 Å². The van der Waals surface area contributed by atoms with Crippen LogP contribution in [0.1, 0.15) is 12.6 Å². The third-order valence-corrected chi connectivity index (χ3v) is 7.08. The van der Waals surface area contributed by atoms with Crippen molar-refractivity contribution in [3.63, 3.8) is 0 Å². The number of benzene rings is 1. The Labute approximate surface area is 192 Å². The normalized spacial score (nSPS) is 14.7. The first-order valence-corrected chi connectivity index (χ1v) is 11.9. The van der Waals surface area contributed by atoms with Crippen molar-refractivity contribution in [2.45, 2.75) is 18.7 Å². The Kier molecular flexibility index (Phi) is 6.52. The minimum Gasteiger partial charge on any atom is -0.352 e. The zero-order chi connectivity index (χ0) is 23.4. The summed E-state index contributed by atoms with van der Waals surface area (Å²) >= 11 is 0. The Balaban J connectivity index is 1.36. The lowest BCUT2D eigenvalue weighted by Crippen LogP contribution is -2.49. The molecule has 10 nitrogen and oxygen atoms in total. The highest BCUT2D eigenvalue weighted by atomic mass is 32.2. The number of sulfonamides is 1. The third-order valence-electron chi connectivity index (χ3n) is 5.17. The van der Waals surface area contributed by atoms with Crippen molar-refractivity contribution in [1.29, 1.82) is 0 Å². The molecule has 0 bridgehead atoms. The maximum atomic E-state index is 13.0. The maximum absolute atomic E-state index is 13.0. The molecule has 1 aliphatic heterocycles. The van der Waals surface area contributed by atoms with Crippen LogP contribution in [-0.4, -0.2) is 60.0 Å². The van der Waals surface area contributed by atoms with Gasteiger partial charge in [-0.2, -0.15) is 4.31 Å². The Hall–Kier alpha value is -3.57. The molecule has 1 aliphatic rings. The van der Waals surface area contributed by atoms with Crippen molar-refractivity contribution < 1.29 is 13.2 Å². The predicted molar refractivity (Wildman–Crippen MR) is 126 cm³/mol. The lowest BCUT2D eigenvalue weighted by atomic mass is 10.3. The highest BCUT2D eigenvalue weighted by Gasteiger charge is 2.29. The largest absolute Gasteiger partial charge is 0.352 e. The molecule has 3 heterocycles. The molecule has 1 aromatic carbocycles. The summed E-state index contributed by atoms with van der Waals surface area (Å²) in [6, 6.07) is 15.6. The van der Waals surface area contributed by atoms with Crippen LogP contribution < -0.4 is 15.5 Å². The van der Waals surface area contributed by atoms with E-state index in [2.05, 4.69) is 25.8 Å². The van der Waals surface area contributed by atoms with E-state index in [1.807, 2.05) is 42.2 Å². The molecule has 0 aliphatic carbocycles. The molecule has 33 heavy (non-hydrogen) atoms. The number of nitrogens with zero attached hydrogens (tertiary/aromatic N) is 5. The molecule has 0 radical (unpaired) electrons. The second kappa shape index (κ2) is 9.51. The standard InChI is InChI=1S/C22H25N7O3S/c1-16-4-3-5-20(23-16)25-21-10-11-22(27-26-21)28-12-14-29(15-13-28)33(31,32)19-8-6-18(7-9-19)24-17(2)30/h3-11H,12-15H2,1-2H3,(H,24,30)(H,23,25,26). The molecule has 3 aromatic rings. The number of pyridine rings is 1. The van der Waals surface area contributed by atoms with Crippen LogP contribution in [0.3, 0.4) is 0 Å². The van der Waals surface area contributed by atoms with Crippen molar-refractivity contribution in [1.82, 2.24) is 19.5 Å². The Morgan fingerprint density at radius 2 is 1.64 bits per heavy atom. The van der Waals surface area contributed by atoms with Gasteiger partial charge < -0.3 is 15.5 Å². The summed E-state index contributed by atoms with van der Waals surface area (Å²) in [6.45, 7) is 5.00. The second-order valence-corrected chi connectivity index (χ2v) is 9.60. The van der Waals surface area contributed by atoms with Gasteiger partial charge in [0.15, 0.2) is 11.6 Å². The fourth-order valence-electron chi connectivity index (χ4n) is 3.52. The molecule has 0 atom stereocenters. The van der Waals surface area contributed by atoms with Gasteiger partial charge in [-0.05, 0) is 55.5 Å². The van der Waals surface area contributed by atoms with Gasteiger partial charge in [-0.25, -0.2) is 13.4 Å². The molecule has 1 fully saturated rings. The average Bonchev–Trinajstić information content (AvgIpc) is 2.80. The molecule has 0 spiro atoms. The van der Waals surface area contributed by atoms with E-state index in [-0.39, 0.29) is 10.8 Å². The van der Waals surface area contributed by atoms with E-state index in [0.717, 1.165) is 5.69 Å². The lowest BCUT2D eigenvalue weighted by Gasteiger charge is -2.34. The molecule has 1 saturated heterocycles. The Morgan fingerprint density at radius 1 is 0.909 bits per heavy atom. The van der Waals surface area contributed by atoms with Gasteiger partial charge in [-0.3, -0.25) is 4.79 Å². The van der Waals surface area contributed by atoms with E-state index >= 15 is 0 Å². The molecular formula is C22H25N7O3S. The maximum Gasteiger partial charge on any atom is 0.243 e. The average molecular weight is 468 g/mol. The SMILES string of the molecule is CC(=O)Nc1ccc(S(=O)(=O)N2CCN(c3ccc(Nc4cccc(C)n4)nn3)CC2)cc1. The summed E-state index contributed by atoms with van der Waals surface area (Å²) in [7, 11) is -3.62. The second-order valence-electron chi connectivity index (χ2n) is 7.66. The number of piperazine rings is 1. The van der Waals surface area contributed by atoms with Crippen LogP contribution >= 0.6 is 0 Å². The monoisotopic (exact) mass is 467 g/mol. The molecule has 1 amide bonds. The lowest BCUT2D eigenvalue weighted by molar-refractivity contribution is -0.114. The van der Waals surface area contributed by atoms with Crippen molar-refractivity contribution in [3.05, 3.63) is 60.3 Å². The van der Waals surface area contributed by atoms with Crippen LogP contribution in [0.15, 0.2) is 59.5 Å². The number of anilines is 4. The van der Waals surface area contributed by atoms with Gasteiger partial charge in [-0.15, -0.1) is 10.2 Å². The molecular weight excluding hydrogens is 442 g/mol. The quantitative estimate of drug-likeness (QED) is 0.567. The number of hydrogen-bond acceptors (Lipinski definition) is 8. The van der Waals surface area contributed by atoms with E-state index in [0.29, 0.717) is 49.3 Å². The molecule has 2 aromatic heterocycles. The summed E-state index contributed by atoms with van der Waals surface area (Å²) in [4.78, 5) is 17.7. The summed E-state index contributed by atoms with van der Waals surface area (Å²) in [5.41, 5.74) is 1.46. The molecule has 2 N–H and O–H groups in total. The number of rotatable bonds is 6. The Bertz CT molecular complexity index is 1220. The van der Waals surface area contributed by atoms with E-state index in [1.54, 1.807) is 12.1 Å². The number of aromatic nitrogens is 3. The first-order chi connectivity index (χ1) is 15.8. The zero-order valence-corrected chi connectivity index (χ0v) is 19.2. The molecule has 4 rings (SSSR count). The number of nitrogens with one attached hydrogen (secondary N) is 2. The summed E-state index contributed by atoms with van der Waals surface area (Å²) in [6.07, 6.45) is 0. The summed E-state index contributed by atoms with van der Waals surface area (Å²) < 4.78 is 27.4. The van der Waals surface area contributed by atoms with Gasteiger partial charge in [0.25, 0.3) is 0 Å².